The van der Waals surface area contributed by atoms with E-state index in [2.05, 4.69) is 65.6 Å². The molecule has 54 heavy (non-hydrogen) atoms. The Labute approximate surface area is 347 Å². The fourth-order valence-electron chi connectivity index (χ4n) is 8.64. The van der Waals surface area contributed by atoms with Crippen LogP contribution < -0.4 is 9.80 Å². The standard InChI is InChI=1S/C48H72Br2N2O2/c1-5-7-9-11-13-15-16-18-20-22-27-38(26-21-19-17-14-12-10-8-6-2)28-24-34-52-44-36-40(50)30-32-42(44)46(48(52)54)45-41-31-29-39(49)35-43(41)51(47(45)53)33-23-25-37(3)4/h29-32,35-38H,5-28,33-34H2,1-4H3/b46-45+. The van der Waals surface area contributed by atoms with Gasteiger partial charge in [-0.1, -0.05) is 200 Å². The number of fused-ring (bicyclic) bond motifs is 2. The van der Waals surface area contributed by atoms with Gasteiger partial charge in [0.2, 0.25) is 0 Å². The Morgan fingerprint density at radius 3 is 1.22 bits per heavy atom. The minimum absolute atomic E-state index is 0.0290. The Morgan fingerprint density at radius 2 is 0.833 bits per heavy atom. The van der Waals surface area contributed by atoms with Gasteiger partial charge in [0.1, 0.15) is 0 Å². The number of hydrogen-bond acceptors (Lipinski definition) is 2. The average Bonchev–Trinajstić information content (AvgIpc) is 3.56. The molecule has 2 amide bonds. The molecule has 4 nitrogen and oxygen atoms in total. The number of halogens is 2. The van der Waals surface area contributed by atoms with Crippen LogP contribution in [0.15, 0.2) is 45.3 Å². The quantitative estimate of drug-likeness (QED) is 0.0631. The Hall–Kier alpha value is -1.92. The molecule has 0 saturated carbocycles. The molecule has 300 valence electrons. The molecule has 0 spiro atoms. The maximum Gasteiger partial charge on any atom is 0.259 e. The van der Waals surface area contributed by atoms with Crippen molar-refractivity contribution in [1.82, 2.24) is 0 Å². The Morgan fingerprint density at radius 1 is 0.481 bits per heavy atom. The van der Waals surface area contributed by atoms with Gasteiger partial charge in [-0.3, -0.25) is 9.59 Å². The van der Waals surface area contributed by atoms with Crippen LogP contribution in [0.5, 0.6) is 0 Å². The molecule has 6 heteroatoms. The fourth-order valence-corrected chi connectivity index (χ4v) is 9.34. The molecule has 0 bridgehead atoms. The van der Waals surface area contributed by atoms with Gasteiger partial charge in [-0.2, -0.15) is 0 Å². The summed E-state index contributed by atoms with van der Waals surface area (Å²) in [6, 6.07) is 12.2. The zero-order valence-electron chi connectivity index (χ0n) is 34.5. The average molecular weight is 869 g/mol. The number of carbonyl (C=O) groups excluding carboxylic acids is 2. The summed E-state index contributed by atoms with van der Waals surface area (Å²) in [6.45, 7) is 10.4. The molecule has 0 saturated heterocycles. The molecule has 1 unspecified atom stereocenters. The zero-order valence-corrected chi connectivity index (χ0v) is 37.6. The van der Waals surface area contributed by atoms with Crippen molar-refractivity contribution >= 4 is 66.2 Å². The number of hydrogen-bond donors (Lipinski definition) is 0. The molecule has 0 N–H and O–H groups in total. The number of nitrogens with zero attached hydrogens (tertiary/aromatic N) is 2. The third kappa shape index (κ3) is 13.6. The normalized spacial score (nSPS) is 15.9. The molecule has 2 aliphatic rings. The van der Waals surface area contributed by atoms with Crippen molar-refractivity contribution in [3.8, 4) is 0 Å². The Kier molecular flexibility index (Phi) is 20.5. The van der Waals surface area contributed by atoms with E-state index in [1.165, 1.54) is 128 Å². The first-order valence-corrected chi connectivity index (χ1v) is 23.8. The van der Waals surface area contributed by atoms with E-state index in [4.69, 9.17) is 0 Å². The smallest absolute Gasteiger partial charge is 0.259 e. The highest BCUT2D eigenvalue weighted by Crippen LogP contribution is 2.48. The van der Waals surface area contributed by atoms with Crippen molar-refractivity contribution in [3.05, 3.63) is 56.5 Å². The molecule has 0 aromatic heterocycles. The van der Waals surface area contributed by atoms with Crippen molar-refractivity contribution in [2.24, 2.45) is 11.8 Å². The van der Waals surface area contributed by atoms with Gasteiger partial charge < -0.3 is 9.80 Å². The van der Waals surface area contributed by atoms with Crippen LogP contribution >= 0.6 is 31.9 Å². The van der Waals surface area contributed by atoms with Crippen LogP contribution in [0.25, 0.3) is 11.1 Å². The maximum absolute atomic E-state index is 14.6. The summed E-state index contributed by atoms with van der Waals surface area (Å²) in [5, 5.41) is 0. The first kappa shape index (κ1) is 44.8. The summed E-state index contributed by atoms with van der Waals surface area (Å²) in [4.78, 5) is 32.7. The molecule has 2 heterocycles. The van der Waals surface area contributed by atoms with Gasteiger partial charge in [0.15, 0.2) is 0 Å². The lowest BCUT2D eigenvalue weighted by Gasteiger charge is -2.21. The predicted molar refractivity (Wildman–Crippen MR) is 240 cm³/mol. The van der Waals surface area contributed by atoms with Gasteiger partial charge in [0.25, 0.3) is 11.8 Å². The Balaban J connectivity index is 1.42. The molecule has 4 rings (SSSR count). The van der Waals surface area contributed by atoms with Gasteiger partial charge >= 0.3 is 0 Å². The monoisotopic (exact) mass is 866 g/mol. The number of anilines is 2. The summed E-state index contributed by atoms with van der Waals surface area (Å²) in [5.41, 5.74) is 4.71. The molecule has 1 atom stereocenters. The lowest BCUT2D eigenvalue weighted by atomic mass is 9.90. The van der Waals surface area contributed by atoms with Crippen LogP contribution in [-0.2, 0) is 9.59 Å². The van der Waals surface area contributed by atoms with Gasteiger partial charge in [0, 0.05) is 33.2 Å². The van der Waals surface area contributed by atoms with Crippen LogP contribution in [0.4, 0.5) is 11.4 Å². The number of benzene rings is 2. The van der Waals surface area contributed by atoms with E-state index in [-0.39, 0.29) is 11.8 Å². The van der Waals surface area contributed by atoms with Gasteiger partial charge in [-0.05, 0) is 61.8 Å². The third-order valence-electron chi connectivity index (χ3n) is 11.8. The lowest BCUT2D eigenvalue weighted by Crippen LogP contribution is -2.30. The van der Waals surface area contributed by atoms with E-state index in [1.54, 1.807) is 0 Å². The second-order valence-corrected chi connectivity index (χ2v) is 18.6. The highest BCUT2D eigenvalue weighted by molar-refractivity contribution is 9.10. The lowest BCUT2D eigenvalue weighted by molar-refractivity contribution is -0.114. The SMILES string of the molecule is CCCCCCCCCCCCC(CCCCCCCCCC)CCCN1C(=O)/C(=C2/C(=O)N(CCCC(C)C)c3cc(Br)ccc32)c2ccc(Br)cc21. The maximum atomic E-state index is 14.6. The van der Waals surface area contributed by atoms with Gasteiger partial charge in [-0.25, -0.2) is 0 Å². The van der Waals surface area contributed by atoms with Crippen LogP contribution in [0.3, 0.4) is 0 Å². The largest absolute Gasteiger partial charge is 0.308 e. The zero-order chi connectivity index (χ0) is 38.7. The van der Waals surface area contributed by atoms with Crippen LogP contribution in [0.1, 0.15) is 193 Å². The number of amides is 2. The van der Waals surface area contributed by atoms with Crippen molar-refractivity contribution < 1.29 is 9.59 Å². The van der Waals surface area contributed by atoms with E-state index < -0.39 is 0 Å². The van der Waals surface area contributed by atoms with E-state index in [0.717, 1.165) is 63.0 Å². The second-order valence-electron chi connectivity index (χ2n) is 16.8. The minimum atomic E-state index is -0.0483. The van der Waals surface area contributed by atoms with Crippen molar-refractivity contribution in [2.45, 2.75) is 182 Å². The fraction of sp³-hybridized carbons (Fsp3) is 0.667. The highest BCUT2D eigenvalue weighted by Gasteiger charge is 2.42. The summed E-state index contributed by atoms with van der Waals surface area (Å²) in [7, 11) is 0. The van der Waals surface area contributed by atoms with Crippen molar-refractivity contribution in [1.29, 1.82) is 0 Å². The van der Waals surface area contributed by atoms with Crippen molar-refractivity contribution in [3.63, 3.8) is 0 Å². The molecule has 0 fully saturated rings. The molecular formula is C48H72Br2N2O2. The molecular weight excluding hydrogens is 796 g/mol. The summed E-state index contributed by atoms with van der Waals surface area (Å²) >= 11 is 7.33. The minimum Gasteiger partial charge on any atom is -0.308 e. The Bertz CT molecular complexity index is 1480. The molecule has 0 aliphatic carbocycles. The van der Waals surface area contributed by atoms with Gasteiger partial charge in [-0.15, -0.1) is 0 Å². The first-order valence-electron chi connectivity index (χ1n) is 22.2. The van der Waals surface area contributed by atoms with Crippen molar-refractivity contribution in [2.75, 3.05) is 22.9 Å². The first-order chi connectivity index (χ1) is 26.3. The molecule has 2 aromatic rings. The summed E-state index contributed by atoms with van der Waals surface area (Å²) in [5.74, 6) is 1.22. The van der Waals surface area contributed by atoms with Crippen LogP contribution in [0, 0.1) is 11.8 Å². The number of carbonyl (C=O) groups is 2. The molecule has 2 aliphatic heterocycles. The topological polar surface area (TPSA) is 40.6 Å². The van der Waals surface area contributed by atoms with E-state index >= 15 is 0 Å². The van der Waals surface area contributed by atoms with Crippen LogP contribution in [0.2, 0.25) is 0 Å². The van der Waals surface area contributed by atoms with E-state index in [1.807, 2.05) is 40.1 Å². The van der Waals surface area contributed by atoms with Gasteiger partial charge in [0.05, 0.1) is 22.5 Å². The number of rotatable bonds is 28. The van der Waals surface area contributed by atoms with Crippen LogP contribution in [-0.4, -0.2) is 24.9 Å². The second kappa shape index (κ2) is 24.7. The van der Waals surface area contributed by atoms with E-state index in [0.29, 0.717) is 30.2 Å². The third-order valence-corrected chi connectivity index (χ3v) is 12.8. The summed E-state index contributed by atoms with van der Waals surface area (Å²) < 4.78 is 1.90. The molecule has 0 radical (unpaired) electrons. The predicted octanol–water partition coefficient (Wildman–Crippen LogP) is 15.5. The van der Waals surface area contributed by atoms with E-state index in [9.17, 15) is 9.59 Å². The number of unbranched alkanes of at least 4 members (excludes halogenated alkanes) is 16. The highest BCUT2D eigenvalue weighted by atomic mass is 79.9. The summed E-state index contributed by atoms with van der Waals surface area (Å²) in [6.07, 6.45) is 31.4. The molecule has 2 aromatic carbocycles.